The van der Waals surface area contributed by atoms with E-state index in [4.69, 9.17) is 4.98 Å². The van der Waals surface area contributed by atoms with Gasteiger partial charge in [0.25, 0.3) is 0 Å². The minimum atomic E-state index is 0.723. The van der Waals surface area contributed by atoms with Gasteiger partial charge in [0.2, 0.25) is 0 Å². The summed E-state index contributed by atoms with van der Waals surface area (Å²) in [7, 11) is 3.69. The van der Waals surface area contributed by atoms with E-state index in [0.29, 0.717) is 0 Å². The SMILES string of the molecule is CC/C=C(\C=NC)c1cnc(-c2cccc(-c3cnn(C)c3)c2)nc1C. The summed E-state index contributed by atoms with van der Waals surface area (Å²) < 4.78 is 1.80. The molecule has 0 aliphatic heterocycles. The summed E-state index contributed by atoms with van der Waals surface area (Å²) in [5.41, 5.74) is 6.20. The largest absolute Gasteiger partial charge is 0.296 e. The fraction of sp³-hybridized carbons (Fsp3) is 0.238. The molecule has 5 heteroatoms. The Labute approximate surface area is 154 Å². The monoisotopic (exact) mass is 345 g/mol. The summed E-state index contributed by atoms with van der Waals surface area (Å²) in [6, 6.07) is 8.23. The van der Waals surface area contributed by atoms with E-state index in [9.17, 15) is 0 Å². The van der Waals surface area contributed by atoms with Crippen LogP contribution in [0, 0.1) is 6.92 Å². The number of benzene rings is 1. The number of rotatable bonds is 5. The van der Waals surface area contributed by atoms with Gasteiger partial charge in [0.05, 0.1) is 6.20 Å². The van der Waals surface area contributed by atoms with Crippen molar-refractivity contribution in [2.75, 3.05) is 7.05 Å². The zero-order valence-corrected chi connectivity index (χ0v) is 15.6. The quantitative estimate of drug-likeness (QED) is 0.646. The first kappa shape index (κ1) is 17.7. The molecule has 0 radical (unpaired) electrons. The lowest BCUT2D eigenvalue weighted by Gasteiger charge is -2.09. The Bertz CT molecular complexity index is 966. The lowest BCUT2D eigenvalue weighted by Crippen LogP contribution is -1.99. The van der Waals surface area contributed by atoms with Crippen LogP contribution in [0.5, 0.6) is 0 Å². The first-order valence-corrected chi connectivity index (χ1v) is 8.68. The number of allylic oxidation sites excluding steroid dienone is 2. The predicted molar refractivity (Wildman–Crippen MR) is 107 cm³/mol. The van der Waals surface area contributed by atoms with Crippen LogP contribution in [-0.2, 0) is 7.05 Å². The minimum absolute atomic E-state index is 0.723. The summed E-state index contributed by atoms with van der Waals surface area (Å²) in [6.07, 6.45) is 10.7. The van der Waals surface area contributed by atoms with Gasteiger partial charge in [-0.3, -0.25) is 9.67 Å². The Morgan fingerprint density at radius 1 is 1.19 bits per heavy atom. The van der Waals surface area contributed by atoms with Crippen LogP contribution in [0.2, 0.25) is 0 Å². The second-order valence-electron chi connectivity index (χ2n) is 6.13. The van der Waals surface area contributed by atoms with Crippen molar-refractivity contribution in [2.45, 2.75) is 20.3 Å². The normalized spacial score (nSPS) is 12.1. The molecule has 0 aliphatic carbocycles. The molecule has 0 atom stereocenters. The van der Waals surface area contributed by atoms with Gasteiger partial charge in [0.15, 0.2) is 5.82 Å². The molecule has 2 heterocycles. The van der Waals surface area contributed by atoms with E-state index in [0.717, 1.165) is 45.8 Å². The third kappa shape index (κ3) is 3.77. The zero-order valence-electron chi connectivity index (χ0n) is 15.6. The van der Waals surface area contributed by atoms with Crippen LogP contribution in [0.4, 0.5) is 0 Å². The van der Waals surface area contributed by atoms with Crippen molar-refractivity contribution in [1.82, 2.24) is 19.7 Å². The molecule has 3 rings (SSSR count). The molecular weight excluding hydrogens is 322 g/mol. The molecule has 0 N–H and O–H groups in total. The van der Waals surface area contributed by atoms with Crippen molar-refractivity contribution >= 4 is 11.8 Å². The lowest BCUT2D eigenvalue weighted by atomic mass is 10.0. The molecule has 26 heavy (non-hydrogen) atoms. The number of hydrogen-bond donors (Lipinski definition) is 0. The number of nitrogens with zero attached hydrogens (tertiary/aromatic N) is 5. The highest BCUT2D eigenvalue weighted by Crippen LogP contribution is 2.25. The molecule has 5 nitrogen and oxygen atoms in total. The van der Waals surface area contributed by atoms with Crippen LogP contribution in [0.3, 0.4) is 0 Å². The van der Waals surface area contributed by atoms with E-state index >= 15 is 0 Å². The third-order valence-electron chi connectivity index (χ3n) is 4.14. The summed E-state index contributed by atoms with van der Waals surface area (Å²) >= 11 is 0. The van der Waals surface area contributed by atoms with Gasteiger partial charge >= 0.3 is 0 Å². The van der Waals surface area contributed by atoms with Gasteiger partial charge in [-0.15, -0.1) is 0 Å². The predicted octanol–water partition coefficient (Wildman–Crippen LogP) is 4.35. The molecule has 3 aromatic rings. The molecule has 0 bridgehead atoms. The van der Waals surface area contributed by atoms with E-state index in [2.05, 4.69) is 40.2 Å². The fourth-order valence-electron chi connectivity index (χ4n) is 2.89. The van der Waals surface area contributed by atoms with Gasteiger partial charge in [-0.2, -0.15) is 5.10 Å². The Morgan fingerprint density at radius 3 is 2.65 bits per heavy atom. The van der Waals surface area contributed by atoms with E-state index in [-0.39, 0.29) is 0 Å². The standard InChI is InChI=1S/C21H23N5/c1-5-7-18(11-22-3)20-13-23-21(25-15(20)2)17-9-6-8-16(10-17)19-12-24-26(4)14-19/h6-14H,5H2,1-4H3/b18-7+,22-11?. The van der Waals surface area contributed by atoms with Gasteiger partial charge < -0.3 is 0 Å². The van der Waals surface area contributed by atoms with Gasteiger partial charge in [0.1, 0.15) is 0 Å². The van der Waals surface area contributed by atoms with Crippen molar-refractivity contribution in [3.8, 4) is 22.5 Å². The first-order valence-electron chi connectivity index (χ1n) is 8.68. The minimum Gasteiger partial charge on any atom is -0.296 e. The Kier molecular flexibility index (Phi) is 5.37. The fourth-order valence-corrected chi connectivity index (χ4v) is 2.89. The van der Waals surface area contributed by atoms with Crippen LogP contribution >= 0.6 is 0 Å². The van der Waals surface area contributed by atoms with E-state index in [1.807, 2.05) is 50.9 Å². The molecule has 0 aliphatic rings. The van der Waals surface area contributed by atoms with Crippen molar-refractivity contribution in [3.05, 3.63) is 60.2 Å². The van der Waals surface area contributed by atoms with Crippen LogP contribution in [0.15, 0.2) is 53.9 Å². The topological polar surface area (TPSA) is 56.0 Å². The maximum atomic E-state index is 4.73. The van der Waals surface area contributed by atoms with E-state index in [1.165, 1.54) is 0 Å². The van der Waals surface area contributed by atoms with Crippen LogP contribution < -0.4 is 0 Å². The maximum Gasteiger partial charge on any atom is 0.159 e. The average molecular weight is 345 g/mol. The molecule has 0 amide bonds. The molecule has 2 aromatic heterocycles. The maximum absolute atomic E-state index is 4.73. The summed E-state index contributed by atoms with van der Waals surface area (Å²) in [4.78, 5) is 13.5. The van der Waals surface area contributed by atoms with E-state index in [1.54, 1.807) is 11.7 Å². The van der Waals surface area contributed by atoms with Gasteiger partial charge in [-0.05, 0) is 30.5 Å². The molecule has 0 spiro atoms. The number of aryl methyl sites for hydroxylation is 2. The number of aromatic nitrogens is 4. The molecule has 0 saturated carbocycles. The van der Waals surface area contributed by atoms with Crippen molar-refractivity contribution < 1.29 is 0 Å². The van der Waals surface area contributed by atoms with Crippen molar-refractivity contribution in [2.24, 2.45) is 12.0 Å². The van der Waals surface area contributed by atoms with Crippen LogP contribution in [0.25, 0.3) is 28.1 Å². The Morgan fingerprint density at radius 2 is 2.00 bits per heavy atom. The number of aliphatic imine (C=N–C) groups is 1. The third-order valence-corrected chi connectivity index (χ3v) is 4.14. The van der Waals surface area contributed by atoms with Crippen molar-refractivity contribution in [1.29, 1.82) is 0 Å². The average Bonchev–Trinajstić information content (AvgIpc) is 3.08. The molecule has 0 unspecified atom stereocenters. The molecule has 0 saturated heterocycles. The molecule has 132 valence electrons. The van der Waals surface area contributed by atoms with Gasteiger partial charge in [-0.1, -0.05) is 31.2 Å². The highest BCUT2D eigenvalue weighted by Gasteiger charge is 2.10. The van der Waals surface area contributed by atoms with E-state index < -0.39 is 0 Å². The van der Waals surface area contributed by atoms with Crippen molar-refractivity contribution in [3.63, 3.8) is 0 Å². The summed E-state index contributed by atoms with van der Waals surface area (Å²) in [6.45, 7) is 4.12. The Balaban J connectivity index is 1.98. The molecule has 1 aromatic carbocycles. The highest BCUT2D eigenvalue weighted by molar-refractivity contribution is 6.10. The lowest BCUT2D eigenvalue weighted by molar-refractivity contribution is 0.768. The molecule has 0 fully saturated rings. The zero-order chi connectivity index (χ0) is 18.5. The summed E-state index contributed by atoms with van der Waals surface area (Å²) in [5, 5.41) is 4.24. The second-order valence-corrected chi connectivity index (χ2v) is 6.13. The first-order chi connectivity index (χ1) is 12.6. The second kappa shape index (κ2) is 7.87. The molecular formula is C21H23N5. The smallest absolute Gasteiger partial charge is 0.159 e. The van der Waals surface area contributed by atoms with Crippen LogP contribution in [0.1, 0.15) is 24.6 Å². The van der Waals surface area contributed by atoms with Gasteiger partial charge in [-0.25, -0.2) is 9.97 Å². The van der Waals surface area contributed by atoms with Gasteiger partial charge in [0, 0.05) is 55.1 Å². The Hall–Kier alpha value is -3.08. The highest BCUT2D eigenvalue weighted by atomic mass is 15.2. The summed E-state index contributed by atoms with van der Waals surface area (Å²) in [5.74, 6) is 0.723. The number of hydrogen-bond acceptors (Lipinski definition) is 4. The van der Waals surface area contributed by atoms with Crippen LogP contribution in [-0.4, -0.2) is 33.0 Å².